The molecule has 2 amide bonds. The number of hydrogen-bond acceptors (Lipinski definition) is 3. The predicted molar refractivity (Wildman–Crippen MR) is 44.8 cm³/mol. The highest BCUT2D eigenvalue weighted by Crippen LogP contribution is 2.15. The van der Waals surface area contributed by atoms with Crippen LogP contribution in [-0.2, 0) is 14.3 Å². The first-order valence-electron chi connectivity index (χ1n) is 4.42. The van der Waals surface area contributed by atoms with Crippen molar-refractivity contribution in [3.05, 3.63) is 12.2 Å². The van der Waals surface area contributed by atoms with E-state index >= 15 is 0 Å². The summed E-state index contributed by atoms with van der Waals surface area (Å²) in [6.07, 6.45) is 4.62. The molecule has 0 N–H and O–H groups in total. The summed E-state index contributed by atoms with van der Waals surface area (Å²) in [6.45, 7) is 1.15. The van der Waals surface area contributed by atoms with Crippen LogP contribution in [0.4, 0.5) is 0 Å². The van der Waals surface area contributed by atoms with E-state index in [-0.39, 0.29) is 17.9 Å². The maximum atomic E-state index is 11.1. The minimum atomic E-state index is -0.222. The molecule has 2 rings (SSSR count). The zero-order chi connectivity index (χ0) is 9.26. The minimum Gasteiger partial charge on any atom is -0.376 e. The molecule has 2 aliphatic heterocycles. The first-order chi connectivity index (χ1) is 6.27. The van der Waals surface area contributed by atoms with Gasteiger partial charge in [-0.1, -0.05) is 0 Å². The second-order valence-electron chi connectivity index (χ2n) is 3.26. The highest BCUT2D eigenvalue weighted by Gasteiger charge is 2.28. The highest BCUT2D eigenvalue weighted by molar-refractivity contribution is 6.12. The Labute approximate surface area is 76.2 Å². The molecule has 4 nitrogen and oxygen atoms in total. The van der Waals surface area contributed by atoms with Crippen LogP contribution in [0.25, 0.3) is 0 Å². The molecule has 4 heteroatoms. The van der Waals surface area contributed by atoms with Gasteiger partial charge in [0.2, 0.25) is 0 Å². The van der Waals surface area contributed by atoms with Crippen LogP contribution in [0, 0.1) is 0 Å². The number of ether oxygens (including phenoxy) is 1. The maximum Gasteiger partial charge on any atom is 0.253 e. The van der Waals surface area contributed by atoms with Crippen molar-refractivity contribution in [3.63, 3.8) is 0 Å². The van der Waals surface area contributed by atoms with Crippen molar-refractivity contribution in [1.82, 2.24) is 4.90 Å². The summed E-state index contributed by atoms with van der Waals surface area (Å²) < 4.78 is 5.34. The van der Waals surface area contributed by atoms with E-state index in [1.54, 1.807) is 0 Å². The van der Waals surface area contributed by atoms with Crippen LogP contribution in [0.5, 0.6) is 0 Å². The molecular formula is C9H11NO3. The van der Waals surface area contributed by atoms with Crippen molar-refractivity contribution in [2.75, 3.05) is 13.2 Å². The second-order valence-corrected chi connectivity index (χ2v) is 3.26. The summed E-state index contributed by atoms with van der Waals surface area (Å²) in [5.41, 5.74) is 0. The Morgan fingerprint density at radius 2 is 2.08 bits per heavy atom. The van der Waals surface area contributed by atoms with Gasteiger partial charge < -0.3 is 4.74 Å². The molecule has 0 aromatic carbocycles. The Morgan fingerprint density at radius 3 is 2.62 bits per heavy atom. The normalized spacial score (nSPS) is 27.7. The predicted octanol–water partition coefficient (Wildman–Crippen LogP) is 0.0904. The summed E-state index contributed by atoms with van der Waals surface area (Å²) in [6, 6.07) is 0. The van der Waals surface area contributed by atoms with Gasteiger partial charge in [0.15, 0.2) is 0 Å². The van der Waals surface area contributed by atoms with E-state index in [4.69, 9.17) is 4.74 Å². The number of nitrogens with zero attached hydrogens (tertiary/aromatic N) is 1. The van der Waals surface area contributed by atoms with E-state index in [1.807, 2.05) is 0 Å². The average molecular weight is 181 g/mol. The fourth-order valence-electron chi connectivity index (χ4n) is 1.60. The third kappa shape index (κ3) is 1.62. The van der Waals surface area contributed by atoms with Gasteiger partial charge in [0.25, 0.3) is 11.8 Å². The smallest absolute Gasteiger partial charge is 0.253 e. The fraction of sp³-hybridized carbons (Fsp3) is 0.556. The molecule has 0 radical (unpaired) electrons. The van der Waals surface area contributed by atoms with Crippen LogP contribution in [-0.4, -0.2) is 36.0 Å². The number of carbonyl (C=O) groups is 2. The number of imide groups is 1. The summed E-state index contributed by atoms with van der Waals surface area (Å²) in [7, 11) is 0. The molecule has 0 unspecified atom stereocenters. The van der Waals surface area contributed by atoms with Crippen LogP contribution < -0.4 is 0 Å². The van der Waals surface area contributed by atoms with Crippen molar-refractivity contribution in [2.24, 2.45) is 0 Å². The molecule has 1 saturated heterocycles. The van der Waals surface area contributed by atoms with Crippen molar-refractivity contribution in [1.29, 1.82) is 0 Å². The molecule has 0 saturated carbocycles. The first kappa shape index (κ1) is 8.44. The molecule has 0 spiro atoms. The molecular weight excluding hydrogens is 170 g/mol. The Hall–Kier alpha value is -1.16. The SMILES string of the molecule is O=C1C=CC(=O)N1C[C@H]1CCCO1. The minimum absolute atomic E-state index is 0.0489. The summed E-state index contributed by atoms with van der Waals surface area (Å²) in [4.78, 5) is 23.5. The molecule has 0 aromatic heterocycles. The van der Waals surface area contributed by atoms with Gasteiger partial charge in [0, 0.05) is 18.8 Å². The van der Waals surface area contributed by atoms with Crippen molar-refractivity contribution in [3.8, 4) is 0 Å². The van der Waals surface area contributed by atoms with Crippen LogP contribution in [0.1, 0.15) is 12.8 Å². The van der Waals surface area contributed by atoms with E-state index in [0.717, 1.165) is 19.4 Å². The Bertz CT molecular complexity index is 248. The zero-order valence-electron chi connectivity index (χ0n) is 7.23. The highest BCUT2D eigenvalue weighted by atomic mass is 16.5. The van der Waals surface area contributed by atoms with E-state index in [0.29, 0.717) is 6.54 Å². The number of rotatable bonds is 2. The first-order valence-corrected chi connectivity index (χ1v) is 4.42. The lowest BCUT2D eigenvalue weighted by Gasteiger charge is -2.17. The van der Waals surface area contributed by atoms with Gasteiger partial charge in [-0.05, 0) is 12.8 Å². The average Bonchev–Trinajstić information content (AvgIpc) is 2.70. The molecule has 0 aliphatic carbocycles. The molecule has 1 fully saturated rings. The summed E-state index contributed by atoms with van der Waals surface area (Å²) in [5, 5.41) is 0. The third-order valence-electron chi connectivity index (χ3n) is 2.31. The van der Waals surface area contributed by atoms with Gasteiger partial charge >= 0.3 is 0 Å². The molecule has 13 heavy (non-hydrogen) atoms. The number of carbonyl (C=O) groups excluding carboxylic acids is 2. The topological polar surface area (TPSA) is 46.6 Å². The Balaban J connectivity index is 1.94. The molecule has 70 valence electrons. The Morgan fingerprint density at radius 1 is 1.38 bits per heavy atom. The number of amides is 2. The molecule has 2 heterocycles. The van der Waals surface area contributed by atoms with Gasteiger partial charge in [-0.2, -0.15) is 0 Å². The van der Waals surface area contributed by atoms with E-state index in [9.17, 15) is 9.59 Å². The molecule has 2 aliphatic rings. The van der Waals surface area contributed by atoms with Crippen LogP contribution in [0.2, 0.25) is 0 Å². The van der Waals surface area contributed by atoms with Gasteiger partial charge in [-0.15, -0.1) is 0 Å². The van der Waals surface area contributed by atoms with Gasteiger partial charge in [-0.3, -0.25) is 14.5 Å². The van der Waals surface area contributed by atoms with Gasteiger partial charge in [0.1, 0.15) is 0 Å². The second kappa shape index (κ2) is 3.30. The Kier molecular flexibility index (Phi) is 2.14. The van der Waals surface area contributed by atoms with Crippen LogP contribution in [0.15, 0.2) is 12.2 Å². The third-order valence-corrected chi connectivity index (χ3v) is 2.31. The van der Waals surface area contributed by atoms with Crippen molar-refractivity contribution < 1.29 is 14.3 Å². The lowest BCUT2D eigenvalue weighted by Crippen LogP contribution is -2.36. The summed E-state index contributed by atoms with van der Waals surface area (Å²) >= 11 is 0. The van der Waals surface area contributed by atoms with Crippen molar-refractivity contribution >= 4 is 11.8 Å². The maximum absolute atomic E-state index is 11.1. The summed E-state index contributed by atoms with van der Waals surface area (Å²) in [5.74, 6) is -0.444. The van der Waals surface area contributed by atoms with Crippen LogP contribution in [0.3, 0.4) is 0 Å². The quantitative estimate of drug-likeness (QED) is 0.567. The monoisotopic (exact) mass is 181 g/mol. The van der Waals surface area contributed by atoms with E-state index < -0.39 is 0 Å². The zero-order valence-corrected chi connectivity index (χ0v) is 7.23. The van der Waals surface area contributed by atoms with E-state index in [2.05, 4.69) is 0 Å². The lowest BCUT2D eigenvalue weighted by molar-refractivity contribution is -0.138. The fourth-order valence-corrected chi connectivity index (χ4v) is 1.60. The molecule has 0 aromatic rings. The molecule has 0 bridgehead atoms. The van der Waals surface area contributed by atoms with Gasteiger partial charge in [0.05, 0.1) is 12.6 Å². The number of hydrogen-bond donors (Lipinski definition) is 0. The largest absolute Gasteiger partial charge is 0.376 e. The standard InChI is InChI=1S/C9H11NO3/c11-8-3-4-9(12)10(8)6-7-2-1-5-13-7/h3-4,7H,1-2,5-6H2/t7-/m1/s1. The van der Waals surface area contributed by atoms with Crippen LogP contribution >= 0.6 is 0 Å². The lowest BCUT2D eigenvalue weighted by atomic mass is 10.2. The van der Waals surface area contributed by atoms with E-state index in [1.165, 1.54) is 17.1 Å². The van der Waals surface area contributed by atoms with Crippen molar-refractivity contribution in [2.45, 2.75) is 18.9 Å². The van der Waals surface area contributed by atoms with Gasteiger partial charge in [-0.25, -0.2) is 0 Å². The molecule has 1 atom stereocenters.